The highest BCUT2D eigenvalue weighted by Crippen LogP contribution is 2.47. The van der Waals surface area contributed by atoms with Gasteiger partial charge in [0, 0.05) is 36.6 Å². The summed E-state index contributed by atoms with van der Waals surface area (Å²) in [4.78, 5) is 13.9. The normalized spacial score (nSPS) is 24.1. The van der Waals surface area contributed by atoms with Gasteiger partial charge in [-0.15, -0.1) is 11.3 Å². The number of fused-ring (bicyclic) bond motifs is 1. The molecule has 6 nitrogen and oxygen atoms in total. The van der Waals surface area contributed by atoms with Crippen molar-refractivity contribution >= 4 is 34.8 Å². The summed E-state index contributed by atoms with van der Waals surface area (Å²) in [5, 5.41) is 11.8. The second kappa shape index (κ2) is 7.25. The van der Waals surface area contributed by atoms with Gasteiger partial charge in [-0.1, -0.05) is 31.5 Å². The van der Waals surface area contributed by atoms with Gasteiger partial charge in [0.2, 0.25) is 5.95 Å². The third-order valence-corrected chi connectivity index (χ3v) is 7.21. The highest BCUT2D eigenvalue weighted by atomic mass is 35.5. The maximum atomic E-state index is 14.4. The van der Waals surface area contributed by atoms with Gasteiger partial charge < -0.3 is 15.1 Å². The van der Waals surface area contributed by atoms with Crippen molar-refractivity contribution in [1.29, 1.82) is 5.41 Å². The zero-order valence-corrected chi connectivity index (χ0v) is 18.3. The Hall–Kier alpha value is -2.19. The summed E-state index contributed by atoms with van der Waals surface area (Å²) in [6.45, 7) is 9.11. The maximum Gasteiger partial charge on any atom is 0.226 e. The Morgan fingerprint density at radius 2 is 2.21 bits per heavy atom. The Morgan fingerprint density at radius 3 is 2.86 bits per heavy atom. The van der Waals surface area contributed by atoms with E-state index in [1.165, 1.54) is 11.3 Å². The van der Waals surface area contributed by atoms with Crippen LogP contribution < -0.4 is 10.2 Å². The van der Waals surface area contributed by atoms with Crippen LogP contribution in [0.5, 0.6) is 0 Å². The predicted octanol–water partition coefficient (Wildman–Crippen LogP) is 3.91. The van der Waals surface area contributed by atoms with Crippen molar-refractivity contribution in [2.24, 2.45) is 5.92 Å². The molecule has 0 bridgehead atoms. The van der Waals surface area contributed by atoms with Crippen molar-refractivity contribution in [1.82, 2.24) is 20.2 Å². The number of hydrogen-bond donors (Lipinski definition) is 2. The summed E-state index contributed by atoms with van der Waals surface area (Å²) in [5.74, 6) is 0.490. The number of rotatable bonds is 4. The molecular formula is C20H24ClFN6S. The minimum absolute atomic E-state index is 0.0000917. The van der Waals surface area contributed by atoms with Gasteiger partial charge in [0.15, 0.2) is 11.8 Å². The van der Waals surface area contributed by atoms with E-state index in [2.05, 4.69) is 26.8 Å². The summed E-state index contributed by atoms with van der Waals surface area (Å²) >= 11 is 7.74. The fourth-order valence-corrected chi connectivity index (χ4v) is 5.44. The van der Waals surface area contributed by atoms with Gasteiger partial charge in [-0.25, -0.2) is 14.4 Å². The second-order valence-corrected chi connectivity index (χ2v) is 9.37. The molecule has 4 rings (SSSR count). The average molecular weight is 435 g/mol. The number of nitrogens with zero attached hydrogens (tertiary/aromatic N) is 4. The van der Waals surface area contributed by atoms with E-state index in [0.29, 0.717) is 47.1 Å². The van der Waals surface area contributed by atoms with Crippen molar-refractivity contribution in [3.05, 3.63) is 50.8 Å². The Bertz CT molecular complexity index is 991. The van der Waals surface area contributed by atoms with Gasteiger partial charge in [0.1, 0.15) is 5.54 Å². The zero-order valence-electron chi connectivity index (χ0n) is 16.7. The van der Waals surface area contributed by atoms with E-state index in [-0.39, 0.29) is 11.7 Å². The molecule has 29 heavy (non-hydrogen) atoms. The molecule has 0 amide bonds. The van der Waals surface area contributed by atoms with Gasteiger partial charge >= 0.3 is 0 Å². The van der Waals surface area contributed by atoms with Gasteiger partial charge in [0.25, 0.3) is 0 Å². The molecule has 2 aromatic heterocycles. The Morgan fingerprint density at radius 1 is 1.45 bits per heavy atom. The molecule has 2 saturated heterocycles. The number of guanidine groups is 1. The minimum Gasteiger partial charge on any atom is -0.343 e. The molecule has 0 saturated carbocycles. The van der Waals surface area contributed by atoms with Crippen LogP contribution in [-0.4, -0.2) is 41.0 Å². The van der Waals surface area contributed by atoms with Crippen molar-refractivity contribution in [2.45, 2.75) is 32.2 Å². The first kappa shape index (κ1) is 20.1. The molecule has 2 atom stereocenters. The number of anilines is 1. The van der Waals surface area contributed by atoms with Crippen molar-refractivity contribution in [3.63, 3.8) is 0 Å². The largest absolute Gasteiger partial charge is 0.343 e. The van der Waals surface area contributed by atoms with E-state index in [9.17, 15) is 4.39 Å². The third kappa shape index (κ3) is 3.18. The van der Waals surface area contributed by atoms with Crippen LogP contribution >= 0.6 is 22.9 Å². The van der Waals surface area contributed by atoms with Crippen molar-refractivity contribution in [3.8, 4) is 0 Å². The van der Waals surface area contributed by atoms with Crippen LogP contribution in [0.4, 0.5) is 10.3 Å². The molecule has 4 heterocycles. The molecule has 0 aromatic carbocycles. The van der Waals surface area contributed by atoms with Crippen LogP contribution in [0.15, 0.2) is 24.4 Å². The predicted molar refractivity (Wildman–Crippen MR) is 115 cm³/mol. The lowest BCUT2D eigenvalue weighted by molar-refractivity contribution is 0.274. The molecule has 154 valence electrons. The lowest BCUT2D eigenvalue weighted by Gasteiger charge is -2.45. The third-order valence-electron chi connectivity index (χ3n) is 5.80. The van der Waals surface area contributed by atoms with Crippen LogP contribution in [0.3, 0.4) is 0 Å². The zero-order chi connectivity index (χ0) is 20.9. The summed E-state index contributed by atoms with van der Waals surface area (Å²) in [5.41, 5.74) is 1.12. The molecule has 2 aromatic rings. The van der Waals surface area contributed by atoms with Crippen molar-refractivity contribution in [2.75, 3.05) is 25.0 Å². The molecule has 9 heteroatoms. The number of nitrogens with one attached hydrogen (secondary N) is 2. The Labute approximate surface area is 178 Å². The van der Waals surface area contributed by atoms with E-state index in [1.807, 2.05) is 26.1 Å². The summed E-state index contributed by atoms with van der Waals surface area (Å²) in [7, 11) is 1.84. The summed E-state index contributed by atoms with van der Waals surface area (Å²) in [6, 6.07) is 3.88. The van der Waals surface area contributed by atoms with Gasteiger partial charge in [0.05, 0.1) is 15.7 Å². The van der Waals surface area contributed by atoms with E-state index in [4.69, 9.17) is 17.0 Å². The number of thiophene rings is 1. The van der Waals surface area contributed by atoms with Crippen LogP contribution in [-0.2, 0) is 12.0 Å². The van der Waals surface area contributed by atoms with Gasteiger partial charge in [-0.3, -0.25) is 5.41 Å². The fourth-order valence-electron chi connectivity index (χ4n) is 4.21. The van der Waals surface area contributed by atoms with Gasteiger partial charge in [-0.05, 0) is 25.5 Å². The maximum absolute atomic E-state index is 14.4. The molecule has 0 aliphatic carbocycles. The first-order chi connectivity index (χ1) is 13.8. The highest BCUT2D eigenvalue weighted by molar-refractivity contribution is 7.16. The quantitative estimate of drug-likeness (QED) is 0.763. The number of halogens is 2. The van der Waals surface area contributed by atoms with E-state index >= 15 is 0 Å². The SMILES string of the molecule is C=C1[C@@H]2CN(c3nc(C)c(F)c(CCC)n3)C[C@]2(c2ccc(Cl)s2)NC(=N)N1C. The molecular weight excluding hydrogens is 411 g/mol. The lowest BCUT2D eigenvalue weighted by atomic mass is 9.81. The first-order valence-corrected chi connectivity index (χ1v) is 10.8. The van der Waals surface area contributed by atoms with Crippen LogP contribution in [0.25, 0.3) is 0 Å². The smallest absolute Gasteiger partial charge is 0.226 e. The molecule has 2 fully saturated rings. The van der Waals surface area contributed by atoms with Crippen LogP contribution in [0.1, 0.15) is 29.6 Å². The number of aromatic nitrogens is 2. The summed E-state index contributed by atoms with van der Waals surface area (Å²) < 4.78 is 15.1. The second-order valence-electron chi connectivity index (χ2n) is 7.65. The molecule has 2 aliphatic rings. The molecule has 0 spiro atoms. The molecule has 0 radical (unpaired) electrons. The van der Waals surface area contributed by atoms with E-state index < -0.39 is 5.54 Å². The molecule has 2 N–H and O–H groups in total. The highest BCUT2D eigenvalue weighted by Gasteiger charge is 2.55. The Balaban J connectivity index is 1.78. The van der Waals surface area contributed by atoms with E-state index in [0.717, 1.165) is 17.0 Å². The standard InChI is InChI=1S/C20H24ClFN6S/c1-5-6-14-17(22)11(2)24-19(25-14)28-9-13-12(3)27(4)18(23)26-20(13,10-28)15-7-8-16(21)29-15/h7-8,13H,3,5-6,9-10H2,1-2,4H3,(H2,23,26)/t13-,20-/m0/s1. The molecule has 0 unspecified atom stereocenters. The monoisotopic (exact) mass is 434 g/mol. The fraction of sp³-hybridized carbons (Fsp3) is 0.450. The van der Waals surface area contributed by atoms with Gasteiger partial charge in [-0.2, -0.15) is 0 Å². The summed E-state index contributed by atoms with van der Waals surface area (Å²) in [6.07, 6.45) is 1.39. The van der Waals surface area contributed by atoms with E-state index in [1.54, 1.807) is 11.8 Å². The van der Waals surface area contributed by atoms with Crippen molar-refractivity contribution < 1.29 is 4.39 Å². The molecule has 2 aliphatic heterocycles. The number of hydrogen-bond acceptors (Lipinski definition) is 5. The Kier molecular flexibility index (Phi) is 5.02. The van der Waals surface area contributed by atoms with Crippen LogP contribution in [0.2, 0.25) is 4.34 Å². The topological polar surface area (TPSA) is 68.1 Å². The first-order valence-electron chi connectivity index (χ1n) is 9.60. The minimum atomic E-state index is -0.547. The lowest BCUT2D eigenvalue weighted by Crippen LogP contribution is -2.60. The number of aryl methyl sites for hydroxylation is 2. The van der Waals surface area contributed by atoms with Crippen LogP contribution in [0, 0.1) is 24.1 Å². The average Bonchev–Trinajstić information content (AvgIpc) is 3.28.